The van der Waals surface area contributed by atoms with Crippen LogP contribution in [0, 0.1) is 0 Å². The van der Waals surface area contributed by atoms with Crippen molar-refractivity contribution in [1.29, 1.82) is 0 Å². The lowest BCUT2D eigenvalue weighted by Gasteiger charge is -2.07. The molecule has 0 aliphatic carbocycles. The van der Waals surface area contributed by atoms with Gasteiger partial charge in [0.05, 0.1) is 11.4 Å². The second-order valence-electron chi connectivity index (χ2n) is 5.39. The molecule has 3 rings (SSSR count). The minimum atomic E-state index is -3.52. The first-order chi connectivity index (χ1) is 11.4. The zero-order chi connectivity index (χ0) is 17.2. The van der Waals surface area contributed by atoms with Crippen LogP contribution in [0.15, 0.2) is 60.7 Å². The van der Waals surface area contributed by atoms with Crippen LogP contribution in [0.25, 0.3) is 11.3 Å². The predicted octanol–water partition coefficient (Wildman–Crippen LogP) is 3.68. The minimum absolute atomic E-state index is 0.0880. The molecule has 2 aromatic carbocycles. The first-order valence-corrected chi connectivity index (χ1v) is 9.30. The molecule has 124 valence electrons. The number of aromatic nitrogens is 2. The van der Waals surface area contributed by atoms with Gasteiger partial charge in [-0.15, -0.1) is 0 Å². The molecule has 1 heterocycles. The van der Waals surface area contributed by atoms with Gasteiger partial charge in [-0.05, 0) is 17.7 Å². The molecule has 3 aromatic rings. The Hall–Kier alpha value is -2.31. The quantitative estimate of drug-likeness (QED) is 0.753. The molecule has 7 heteroatoms. The van der Waals surface area contributed by atoms with Gasteiger partial charge in [0.25, 0.3) is 0 Å². The lowest BCUT2D eigenvalue weighted by molar-refractivity contribution is 0.599. The maximum Gasteiger partial charge on any atom is 0.238 e. The average Bonchev–Trinajstić information content (AvgIpc) is 2.88. The summed E-state index contributed by atoms with van der Waals surface area (Å²) in [6.45, 7) is 0. The van der Waals surface area contributed by atoms with Crippen LogP contribution in [0.5, 0.6) is 0 Å². The second kappa shape index (κ2) is 6.67. The Kier molecular flexibility index (Phi) is 4.59. The van der Waals surface area contributed by atoms with E-state index in [0.717, 1.165) is 11.1 Å². The molecule has 24 heavy (non-hydrogen) atoms. The summed E-state index contributed by atoms with van der Waals surface area (Å²) in [5.41, 5.74) is 2.26. The van der Waals surface area contributed by atoms with Crippen LogP contribution < -0.4 is 4.72 Å². The smallest absolute Gasteiger partial charge is 0.238 e. The lowest BCUT2D eigenvalue weighted by atomic mass is 10.1. The van der Waals surface area contributed by atoms with E-state index in [1.165, 1.54) is 4.68 Å². The second-order valence-corrected chi connectivity index (χ2v) is 7.55. The number of hydrogen-bond acceptors (Lipinski definition) is 3. The van der Waals surface area contributed by atoms with Crippen molar-refractivity contribution in [3.63, 3.8) is 0 Å². The zero-order valence-electron chi connectivity index (χ0n) is 13.0. The van der Waals surface area contributed by atoms with Crippen molar-refractivity contribution in [1.82, 2.24) is 9.78 Å². The highest BCUT2D eigenvalue weighted by atomic mass is 35.5. The topological polar surface area (TPSA) is 64.0 Å². The fourth-order valence-electron chi connectivity index (χ4n) is 2.31. The van der Waals surface area contributed by atoms with Gasteiger partial charge in [-0.25, -0.2) is 8.42 Å². The summed E-state index contributed by atoms with van der Waals surface area (Å²) in [5, 5.41) is 4.99. The molecule has 0 fully saturated rings. The van der Waals surface area contributed by atoms with E-state index in [1.807, 2.05) is 30.3 Å². The van der Waals surface area contributed by atoms with Crippen molar-refractivity contribution < 1.29 is 8.42 Å². The Morgan fingerprint density at radius 3 is 2.42 bits per heavy atom. The van der Waals surface area contributed by atoms with E-state index in [9.17, 15) is 8.42 Å². The molecular weight excluding hydrogens is 346 g/mol. The highest BCUT2D eigenvalue weighted by Gasteiger charge is 2.15. The van der Waals surface area contributed by atoms with Gasteiger partial charge in [-0.3, -0.25) is 9.40 Å². The fourth-order valence-corrected chi connectivity index (χ4v) is 3.65. The average molecular weight is 362 g/mol. The van der Waals surface area contributed by atoms with E-state index in [2.05, 4.69) is 9.82 Å². The standard InChI is InChI=1S/C17H16ClN3O2S/c1-21-17(11-16(19-21)14-7-9-15(18)10-8-14)20-24(22,23)12-13-5-3-2-4-6-13/h2-11,20H,12H2,1H3. The molecule has 0 unspecified atom stereocenters. The summed E-state index contributed by atoms with van der Waals surface area (Å²) in [6, 6.07) is 18.0. The molecule has 1 N–H and O–H groups in total. The maximum absolute atomic E-state index is 12.3. The highest BCUT2D eigenvalue weighted by molar-refractivity contribution is 7.91. The van der Waals surface area contributed by atoms with Gasteiger partial charge in [0.2, 0.25) is 10.0 Å². The van der Waals surface area contributed by atoms with Crippen molar-refractivity contribution in [3.05, 3.63) is 71.2 Å². The van der Waals surface area contributed by atoms with Crippen LogP contribution in [-0.2, 0) is 22.8 Å². The molecule has 0 aliphatic heterocycles. The van der Waals surface area contributed by atoms with Crippen molar-refractivity contribution in [2.24, 2.45) is 7.05 Å². The number of anilines is 1. The number of aryl methyl sites for hydroxylation is 1. The number of rotatable bonds is 5. The SMILES string of the molecule is Cn1nc(-c2ccc(Cl)cc2)cc1NS(=O)(=O)Cc1ccccc1. The van der Waals surface area contributed by atoms with Crippen molar-refractivity contribution in [3.8, 4) is 11.3 Å². The molecule has 0 saturated heterocycles. The number of halogens is 1. The molecule has 0 bridgehead atoms. The van der Waals surface area contributed by atoms with Gasteiger partial charge >= 0.3 is 0 Å². The van der Waals surface area contributed by atoms with Crippen LogP contribution in [0.4, 0.5) is 5.82 Å². The first-order valence-electron chi connectivity index (χ1n) is 7.27. The van der Waals surface area contributed by atoms with E-state index in [-0.39, 0.29) is 5.75 Å². The third kappa shape index (κ3) is 3.96. The largest absolute Gasteiger partial charge is 0.267 e. The van der Waals surface area contributed by atoms with E-state index >= 15 is 0 Å². The molecule has 1 aromatic heterocycles. The third-order valence-electron chi connectivity index (χ3n) is 3.48. The van der Waals surface area contributed by atoms with Gasteiger partial charge in [0.1, 0.15) is 5.82 Å². The Bertz CT molecular complexity index is 936. The van der Waals surface area contributed by atoms with E-state index in [0.29, 0.717) is 16.5 Å². The molecule has 0 saturated carbocycles. The molecule has 0 aliphatic rings. The van der Waals surface area contributed by atoms with Crippen molar-refractivity contribution in [2.45, 2.75) is 5.75 Å². The lowest BCUT2D eigenvalue weighted by Crippen LogP contribution is -2.17. The molecule has 0 atom stereocenters. The zero-order valence-corrected chi connectivity index (χ0v) is 14.6. The Morgan fingerprint density at radius 1 is 1.08 bits per heavy atom. The first kappa shape index (κ1) is 16.5. The van der Waals surface area contributed by atoms with Gasteiger partial charge in [0, 0.05) is 23.7 Å². The van der Waals surface area contributed by atoms with Gasteiger partial charge in [-0.1, -0.05) is 54.1 Å². The normalized spacial score (nSPS) is 11.4. The maximum atomic E-state index is 12.3. The van der Waals surface area contributed by atoms with Gasteiger partial charge in [-0.2, -0.15) is 5.10 Å². The summed E-state index contributed by atoms with van der Waals surface area (Å²) in [4.78, 5) is 0. The number of benzene rings is 2. The van der Waals surface area contributed by atoms with Crippen LogP contribution in [0.2, 0.25) is 5.02 Å². The number of hydrogen-bond donors (Lipinski definition) is 1. The predicted molar refractivity (Wildman–Crippen MR) is 96.3 cm³/mol. The van der Waals surface area contributed by atoms with Crippen LogP contribution >= 0.6 is 11.6 Å². The number of sulfonamides is 1. The monoisotopic (exact) mass is 361 g/mol. The summed E-state index contributed by atoms with van der Waals surface area (Å²) < 4.78 is 28.8. The van der Waals surface area contributed by atoms with E-state index < -0.39 is 10.0 Å². The summed E-state index contributed by atoms with van der Waals surface area (Å²) in [7, 11) is -1.82. The van der Waals surface area contributed by atoms with Gasteiger partial charge < -0.3 is 0 Å². The van der Waals surface area contributed by atoms with E-state index in [1.54, 1.807) is 37.4 Å². The summed E-state index contributed by atoms with van der Waals surface area (Å²) in [6.07, 6.45) is 0. The number of nitrogens with one attached hydrogen (secondary N) is 1. The summed E-state index contributed by atoms with van der Waals surface area (Å²) in [5.74, 6) is 0.325. The Labute approximate surface area is 145 Å². The van der Waals surface area contributed by atoms with Crippen LogP contribution in [-0.4, -0.2) is 18.2 Å². The third-order valence-corrected chi connectivity index (χ3v) is 4.96. The fraction of sp³-hybridized carbons (Fsp3) is 0.118. The highest BCUT2D eigenvalue weighted by Crippen LogP contribution is 2.24. The molecule has 5 nitrogen and oxygen atoms in total. The molecule has 0 amide bonds. The van der Waals surface area contributed by atoms with Crippen LogP contribution in [0.1, 0.15) is 5.56 Å². The minimum Gasteiger partial charge on any atom is -0.267 e. The summed E-state index contributed by atoms with van der Waals surface area (Å²) >= 11 is 5.88. The van der Waals surface area contributed by atoms with Crippen LogP contribution in [0.3, 0.4) is 0 Å². The van der Waals surface area contributed by atoms with Gasteiger partial charge in [0.15, 0.2) is 0 Å². The van der Waals surface area contributed by atoms with E-state index in [4.69, 9.17) is 11.6 Å². The molecule has 0 spiro atoms. The molecule has 0 radical (unpaired) electrons. The Morgan fingerprint density at radius 2 is 1.75 bits per heavy atom. The van der Waals surface area contributed by atoms with Crippen molar-refractivity contribution >= 4 is 27.4 Å². The molecular formula is C17H16ClN3O2S. The number of nitrogens with zero attached hydrogens (tertiary/aromatic N) is 2. The Balaban J connectivity index is 1.81. The van der Waals surface area contributed by atoms with Crippen molar-refractivity contribution in [2.75, 3.05) is 4.72 Å².